The molecule has 0 aliphatic carbocycles. The predicted octanol–water partition coefficient (Wildman–Crippen LogP) is 2.52. The molecule has 1 N–H and O–H groups in total. The molecule has 0 saturated carbocycles. The number of sulfonamides is 1. The number of nitrogens with one attached hydrogen (secondary N) is 1. The van der Waals surface area contributed by atoms with Gasteiger partial charge in [0.25, 0.3) is 0 Å². The van der Waals surface area contributed by atoms with Crippen molar-refractivity contribution in [1.29, 1.82) is 0 Å². The maximum Gasteiger partial charge on any atom is 0.244 e. The summed E-state index contributed by atoms with van der Waals surface area (Å²) in [7, 11) is -3.68. The maximum absolute atomic E-state index is 12.5. The second-order valence-corrected chi connectivity index (χ2v) is 7.79. The van der Waals surface area contributed by atoms with Crippen LogP contribution in [0.4, 0.5) is 0 Å². The topological polar surface area (TPSA) is 68.3 Å². The van der Waals surface area contributed by atoms with Crippen molar-refractivity contribution in [1.82, 2.24) is 9.71 Å². The molecule has 0 saturated heterocycles. The summed E-state index contributed by atoms with van der Waals surface area (Å²) >= 11 is 7.42. The van der Waals surface area contributed by atoms with Crippen LogP contribution in [0.3, 0.4) is 0 Å². The molecule has 2 aromatic rings. The van der Waals surface area contributed by atoms with E-state index in [1.165, 1.54) is 17.4 Å². The van der Waals surface area contributed by atoms with Gasteiger partial charge in [-0.25, -0.2) is 18.1 Å². The van der Waals surface area contributed by atoms with Crippen LogP contribution < -0.4 is 9.46 Å². The molecular formula is C13H13ClN2O3S2. The number of thiazole rings is 1. The molecule has 1 aliphatic heterocycles. The Kier molecular flexibility index (Phi) is 3.92. The fourth-order valence-electron chi connectivity index (χ4n) is 2.17. The van der Waals surface area contributed by atoms with E-state index in [9.17, 15) is 8.42 Å². The van der Waals surface area contributed by atoms with Crippen LogP contribution in [0.25, 0.3) is 0 Å². The highest BCUT2D eigenvalue weighted by molar-refractivity contribution is 7.89. The van der Waals surface area contributed by atoms with E-state index < -0.39 is 10.0 Å². The minimum atomic E-state index is -3.68. The van der Waals surface area contributed by atoms with E-state index in [4.69, 9.17) is 16.3 Å². The largest absolute Gasteiger partial charge is 0.492 e. The number of rotatable bonds is 4. The zero-order valence-corrected chi connectivity index (χ0v) is 13.6. The van der Waals surface area contributed by atoms with Gasteiger partial charge in [0.1, 0.15) is 10.6 Å². The Morgan fingerprint density at radius 3 is 3.00 bits per heavy atom. The monoisotopic (exact) mass is 344 g/mol. The Balaban J connectivity index is 1.91. The SMILES string of the molecule is Cc1ncsc1CNS(=O)(=O)c1cc(Cl)cc2c1OCC2. The highest BCUT2D eigenvalue weighted by Gasteiger charge is 2.26. The van der Waals surface area contributed by atoms with E-state index in [1.807, 2.05) is 6.92 Å². The summed E-state index contributed by atoms with van der Waals surface area (Å²) in [4.78, 5) is 5.09. The average Bonchev–Trinajstić information content (AvgIpc) is 3.04. The molecular weight excluding hydrogens is 332 g/mol. The molecule has 2 heterocycles. The zero-order valence-electron chi connectivity index (χ0n) is 11.2. The summed E-state index contributed by atoms with van der Waals surface area (Å²) < 4.78 is 33.0. The first kappa shape index (κ1) is 14.8. The number of hydrogen-bond donors (Lipinski definition) is 1. The van der Waals surface area contributed by atoms with E-state index in [-0.39, 0.29) is 11.4 Å². The third-order valence-electron chi connectivity index (χ3n) is 3.27. The van der Waals surface area contributed by atoms with E-state index in [2.05, 4.69) is 9.71 Å². The van der Waals surface area contributed by atoms with Gasteiger partial charge >= 0.3 is 0 Å². The van der Waals surface area contributed by atoms with Gasteiger partial charge in [0.2, 0.25) is 10.0 Å². The number of hydrogen-bond acceptors (Lipinski definition) is 5. The summed E-state index contributed by atoms with van der Waals surface area (Å²) in [5.74, 6) is 0.410. The Morgan fingerprint density at radius 1 is 1.48 bits per heavy atom. The van der Waals surface area contributed by atoms with E-state index >= 15 is 0 Å². The molecule has 0 atom stereocenters. The first-order valence-electron chi connectivity index (χ1n) is 6.31. The molecule has 3 rings (SSSR count). The standard InChI is InChI=1S/C13H13ClN2O3S2/c1-8-11(20-7-15-8)6-16-21(17,18)12-5-10(14)4-9-2-3-19-13(9)12/h4-5,7,16H,2-3,6H2,1H3. The highest BCUT2D eigenvalue weighted by Crippen LogP contribution is 2.35. The van der Waals surface area contributed by atoms with Crippen LogP contribution in [-0.2, 0) is 23.0 Å². The smallest absolute Gasteiger partial charge is 0.244 e. The normalized spacial score (nSPS) is 14.0. The van der Waals surface area contributed by atoms with E-state index in [0.717, 1.165) is 16.1 Å². The average molecular weight is 345 g/mol. The van der Waals surface area contributed by atoms with Crippen molar-refractivity contribution in [2.24, 2.45) is 0 Å². The summed E-state index contributed by atoms with van der Waals surface area (Å²) in [6.07, 6.45) is 0.673. The first-order valence-corrected chi connectivity index (χ1v) is 9.05. The Labute approximate surface area is 132 Å². The number of aryl methyl sites for hydroxylation is 1. The summed E-state index contributed by atoms with van der Waals surface area (Å²) in [5.41, 5.74) is 3.35. The van der Waals surface area contributed by atoms with Crippen molar-refractivity contribution >= 4 is 33.0 Å². The zero-order chi connectivity index (χ0) is 15.0. The lowest BCUT2D eigenvalue weighted by molar-refractivity contribution is 0.348. The molecule has 0 bridgehead atoms. The minimum absolute atomic E-state index is 0.102. The van der Waals surface area contributed by atoms with Gasteiger partial charge in [-0.15, -0.1) is 11.3 Å². The van der Waals surface area contributed by atoms with E-state index in [0.29, 0.717) is 23.8 Å². The molecule has 0 fully saturated rings. The van der Waals surface area contributed by atoms with Crippen molar-refractivity contribution < 1.29 is 13.2 Å². The molecule has 5 nitrogen and oxygen atoms in total. The third-order valence-corrected chi connectivity index (χ3v) is 5.83. The third kappa shape index (κ3) is 2.91. The lowest BCUT2D eigenvalue weighted by Gasteiger charge is -2.10. The number of ether oxygens (including phenoxy) is 1. The van der Waals surface area contributed by atoms with Gasteiger partial charge < -0.3 is 4.74 Å². The van der Waals surface area contributed by atoms with Crippen LogP contribution in [0.15, 0.2) is 22.5 Å². The maximum atomic E-state index is 12.5. The molecule has 1 aliphatic rings. The van der Waals surface area contributed by atoms with Crippen molar-refractivity contribution in [2.45, 2.75) is 24.8 Å². The van der Waals surface area contributed by atoms with Gasteiger partial charge in [0.05, 0.1) is 17.8 Å². The summed E-state index contributed by atoms with van der Waals surface area (Å²) in [6, 6.07) is 3.17. The van der Waals surface area contributed by atoms with Gasteiger partial charge in [0, 0.05) is 28.4 Å². The number of halogens is 1. The van der Waals surface area contributed by atoms with Gasteiger partial charge in [-0.05, 0) is 19.1 Å². The van der Waals surface area contributed by atoms with Gasteiger partial charge in [-0.2, -0.15) is 0 Å². The number of nitrogens with zero attached hydrogens (tertiary/aromatic N) is 1. The molecule has 0 amide bonds. The van der Waals surface area contributed by atoms with Gasteiger partial charge in [-0.3, -0.25) is 0 Å². The molecule has 1 aromatic heterocycles. The van der Waals surface area contributed by atoms with Crippen molar-refractivity contribution in [2.75, 3.05) is 6.61 Å². The van der Waals surface area contributed by atoms with Gasteiger partial charge in [-0.1, -0.05) is 11.6 Å². The highest BCUT2D eigenvalue weighted by atomic mass is 35.5. The molecule has 8 heteroatoms. The molecule has 1 aromatic carbocycles. The number of benzene rings is 1. The Bertz CT molecular complexity index is 787. The van der Waals surface area contributed by atoms with Crippen LogP contribution in [0.2, 0.25) is 5.02 Å². The summed E-state index contributed by atoms with van der Waals surface area (Å²) in [5, 5.41) is 0.397. The minimum Gasteiger partial charge on any atom is -0.492 e. The number of fused-ring (bicyclic) bond motifs is 1. The van der Waals surface area contributed by atoms with E-state index in [1.54, 1.807) is 11.6 Å². The molecule has 21 heavy (non-hydrogen) atoms. The van der Waals surface area contributed by atoms with Crippen LogP contribution in [0.5, 0.6) is 5.75 Å². The molecule has 0 radical (unpaired) electrons. The van der Waals surface area contributed by atoms with Crippen LogP contribution in [0, 0.1) is 6.92 Å². The lowest BCUT2D eigenvalue weighted by atomic mass is 10.2. The fourth-order valence-corrected chi connectivity index (χ4v) is 4.49. The Morgan fingerprint density at radius 2 is 2.29 bits per heavy atom. The lowest BCUT2D eigenvalue weighted by Crippen LogP contribution is -2.23. The number of aromatic nitrogens is 1. The van der Waals surface area contributed by atoms with Crippen LogP contribution >= 0.6 is 22.9 Å². The second kappa shape index (κ2) is 5.57. The molecule has 0 spiro atoms. The Hall–Kier alpha value is -1.15. The van der Waals surface area contributed by atoms with Crippen molar-refractivity contribution in [3.63, 3.8) is 0 Å². The quantitative estimate of drug-likeness (QED) is 0.925. The molecule has 112 valence electrons. The summed E-state index contributed by atoms with van der Waals surface area (Å²) in [6.45, 7) is 2.53. The molecule has 0 unspecified atom stereocenters. The van der Waals surface area contributed by atoms with Crippen LogP contribution in [-0.4, -0.2) is 20.0 Å². The predicted molar refractivity (Wildman–Crippen MR) is 81.5 cm³/mol. The first-order chi connectivity index (χ1) is 9.97. The van der Waals surface area contributed by atoms with Crippen molar-refractivity contribution in [3.8, 4) is 5.75 Å². The van der Waals surface area contributed by atoms with Crippen LogP contribution in [0.1, 0.15) is 16.1 Å². The van der Waals surface area contributed by atoms with Crippen molar-refractivity contribution in [3.05, 3.63) is 38.8 Å². The second-order valence-electron chi connectivity index (χ2n) is 4.68. The fraction of sp³-hybridized carbons (Fsp3) is 0.308. The van der Waals surface area contributed by atoms with Gasteiger partial charge in [0.15, 0.2) is 0 Å².